The Labute approximate surface area is 247 Å². The first-order chi connectivity index (χ1) is 20.9. The van der Waals surface area contributed by atoms with Crippen LogP contribution in [0.25, 0.3) is 22.3 Å². The lowest BCUT2D eigenvalue weighted by atomic mass is 10.1. The van der Waals surface area contributed by atoms with Crippen LogP contribution in [0.3, 0.4) is 0 Å². The van der Waals surface area contributed by atoms with Crippen LogP contribution in [0.5, 0.6) is 0 Å². The van der Waals surface area contributed by atoms with Gasteiger partial charge in [0.1, 0.15) is 63.1 Å². The molecule has 4 unspecified atom stereocenters. The molecule has 0 radical (unpaired) electrons. The highest BCUT2D eigenvalue weighted by atomic mass is 31.2. The Balaban J connectivity index is 1.17. The van der Waals surface area contributed by atoms with Crippen molar-refractivity contribution in [3.05, 3.63) is 25.3 Å². The highest BCUT2D eigenvalue weighted by Crippen LogP contribution is 2.54. The normalized spacial score (nSPS) is 38.3. The molecular formula is C20H26B2F2N10O8P2-2. The average molecular weight is 656 g/mol. The van der Waals surface area contributed by atoms with Gasteiger partial charge in [-0.05, 0) is 0 Å². The summed E-state index contributed by atoms with van der Waals surface area (Å²) in [5, 5.41) is 0. The van der Waals surface area contributed by atoms with Gasteiger partial charge in [0.2, 0.25) is 0 Å². The van der Waals surface area contributed by atoms with E-state index in [9.17, 15) is 9.13 Å². The van der Waals surface area contributed by atoms with Gasteiger partial charge in [-0.1, -0.05) is 0 Å². The van der Waals surface area contributed by atoms with Crippen molar-refractivity contribution in [1.29, 1.82) is 0 Å². The summed E-state index contributed by atoms with van der Waals surface area (Å²) in [6, 6.07) is 0. The molecule has 3 aliphatic rings. The fourth-order valence-corrected chi connectivity index (χ4v) is 6.56. The lowest BCUT2D eigenvalue weighted by Gasteiger charge is -2.33. The molecule has 44 heavy (non-hydrogen) atoms. The Morgan fingerprint density at radius 1 is 0.727 bits per heavy atom. The molecule has 4 N–H and O–H groups in total. The number of rotatable bonds is 2. The summed E-state index contributed by atoms with van der Waals surface area (Å²) < 4.78 is 96.8. The first kappa shape index (κ1) is 29.6. The fourth-order valence-electron chi connectivity index (χ4n) is 5.00. The van der Waals surface area contributed by atoms with E-state index in [1.807, 2.05) is 0 Å². The maximum atomic E-state index is 16.0. The summed E-state index contributed by atoms with van der Waals surface area (Å²) in [4.78, 5) is 24.3. The van der Waals surface area contributed by atoms with Crippen LogP contribution in [0.1, 0.15) is 12.5 Å². The maximum Gasteiger partial charge on any atom is 0.174 e. The number of nitrogens with two attached hydrogens (primary N) is 2. The number of nitrogen functional groups attached to an aromatic ring is 2. The molecule has 0 bridgehead atoms. The van der Waals surface area contributed by atoms with Crippen LogP contribution < -0.4 is 11.5 Å². The van der Waals surface area contributed by atoms with Crippen molar-refractivity contribution in [3.8, 4) is 0 Å². The molecule has 0 aromatic carbocycles. The van der Waals surface area contributed by atoms with Crippen molar-refractivity contribution >= 4 is 64.0 Å². The molecule has 0 spiro atoms. The van der Waals surface area contributed by atoms with Gasteiger partial charge in [0.15, 0.2) is 47.7 Å². The molecule has 3 saturated heterocycles. The molecule has 236 valence electrons. The van der Waals surface area contributed by atoms with Gasteiger partial charge in [0.25, 0.3) is 0 Å². The summed E-state index contributed by atoms with van der Waals surface area (Å²) in [7, 11) is -10.0. The van der Waals surface area contributed by atoms with Crippen molar-refractivity contribution in [2.24, 2.45) is 0 Å². The van der Waals surface area contributed by atoms with Gasteiger partial charge >= 0.3 is 0 Å². The number of aromatic nitrogens is 8. The van der Waals surface area contributed by atoms with Crippen LogP contribution in [-0.2, 0) is 36.7 Å². The number of ether oxygens (including phenoxy) is 2. The predicted molar refractivity (Wildman–Crippen MR) is 154 cm³/mol. The van der Waals surface area contributed by atoms with Gasteiger partial charge in [-0.15, -0.1) is 0 Å². The van der Waals surface area contributed by atoms with Gasteiger partial charge in [0, 0.05) is 0 Å². The minimum Gasteiger partial charge on any atom is -0.382 e. The summed E-state index contributed by atoms with van der Waals surface area (Å²) in [5.41, 5.74) is 12.6. The zero-order valence-corrected chi connectivity index (χ0v) is 22.8. The van der Waals surface area contributed by atoms with Crippen molar-refractivity contribution in [1.82, 2.24) is 39.0 Å². The van der Waals surface area contributed by atoms with E-state index < -0.39 is 92.5 Å². The number of alkyl halides is 2. The lowest BCUT2D eigenvalue weighted by molar-refractivity contribution is -0.0548. The first-order valence-corrected chi connectivity index (χ1v) is 14.5. The number of halogens is 2. The van der Waals surface area contributed by atoms with E-state index in [1.54, 1.807) is 0 Å². The van der Waals surface area contributed by atoms with Gasteiger partial charge in [-0.2, -0.15) is 0 Å². The highest BCUT2D eigenvalue weighted by Gasteiger charge is 2.52. The molecule has 4 aromatic rings. The van der Waals surface area contributed by atoms with Gasteiger partial charge in [0.05, 0.1) is 41.0 Å². The van der Waals surface area contributed by atoms with Crippen LogP contribution >= 0.6 is 14.9 Å². The number of anilines is 2. The number of imidazole rings is 2. The maximum absolute atomic E-state index is 16.0. The Kier molecular flexibility index (Phi) is 7.25. The summed E-state index contributed by atoms with van der Waals surface area (Å²) in [6.07, 6.45) is -6.67. The molecule has 7 rings (SSSR count). The van der Waals surface area contributed by atoms with Crippen LogP contribution in [0.15, 0.2) is 25.3 Å². The molecule has 4 aromatic heterocycles. The van der Waals surface area contributed by atoms with E-state index in [0.29, 0.717) is 0 Å². The van der Waals surface area contributed by atoms with Gasteiger partial charge in [-0.3, -0.25) is 9.13 Å². The summed E-state index contributed by atoms with van der Waals surface area (Å²) in [6.45, 7) is -0.903. The highest BCUT2D eigenvalue weighted by molar-refractivity contribution is 7.79. The molecule has 3 aliphatic heterocycles. The van der Waals surface area contributed by atoms with Crippen molar-refractivity contribution in [3.63, 3.8) is 0 Å². The number of nitrogens with zero attached hydrogens (tertiary/aromatic N) is 8. The van der Waals surface area contributed by atoms with E-state index in [4.69, 9.17) is 39.0 Å². The zero-order valence-electron chi connectivity index (χ0n) is 21.0. The smallest absolute Gasteiger partial charge is 0.174 e. The van der Waals surface area contributed by atoms with E-state index in [1.165, 1.54) is 34.4 Å². The second-order valence-corrected chi connectivity index (χ2v) is 11.2. The lowest BCUT2D eigenvalue weighted by Crippen LogP contribution is -2.37. The standard InChI is InChI=1S/C20H26B2F2N10O8P2/c21-43(35)37-1-7-13(9(23)19(39-7)33-5-31-11-15(25)27-3-29-17(11)33)41-44(22,36)38-2-8-14(42-43)10(24)20(40-8)34-6-32-12-16(26)28-4-30-18(12)34/h3-10,13-14,19-20H,1-2H2,21-22H3,(H2,25,27,29)(H2,26,28,30)/q-2/t7-,8-,9+,10?,13?,14+,19-,20-,43?,44?/m1/s1. The molecule has 3 fully saturated rings. The van der Waals surface area contributed by atoms with Crippen LogP contribution in [0.4, 0.5) is 20.4 Å². The third-order valence-corrected chi connectivity index (χ3v) is 8.51. The van der Waals surface area contributed by atoms with E-state index >= 15 is 8.78 Å². The third kappa shape index (κ3) is 5.08. The topological polar surface area (TPSA) is 229 Å². The second kappa shape index (κ2) is 10.8. The van der Waals surface area contributed by atoms with Crippen molar-refractivity contribution in [2.45, 2.75) is 49.2 Å². The summed E-state index contributed by atoms with van der Waals surface area (Å²) in [5.74, 6) is 0.182. The van der Waals surface area contributed by atoms with Crippen LogP contribution in [0, 0.1) is 0 Å². The SMILES string of the molecule is [BH3-]P1(=O)OC[C@H]2O[C@@H](n3cnc4c(N)ncnc43)C(F)[C@H]2OP([BH3-])(=O)OC[C@H]2O[C@@H](n3cnc4c(N)ncnc43)[C@@H](F)C2O1. The number of fused-ring (bicyclic) bond motifs is 4. The monoisotopic (exact) mass is 656 g/mol. The van der Waals surface area contributed by atoms with Gasteiger partial charge < -0.3 is 48.2 Å². The molecule has 18 nitrogen and oxygen atoms in total. The minimum absolute atomic E-state index is 0.0910. The first-order valence-electron chi connectivity index (χ1n) is 12.3. The summed E-state index contributed by atoms with van der Waals surface area (Å²) >= 11 is 0. The molecular weight excluding hydrogens is 630 g/mol. The Morgan fingerprint density at radius 3 is 1.55 bits per heavy atom. The Morgan fingerprint density at radius 2 is 1.14 bits per heavy atom. The largest absolute Gasteiger partial charge is 0.382 e. The minimum atomic E-state index is -3.80. The van der Waals surface area contributed by atoms with Crippen molar-refractivity contribution < 1.29 is 45.5 Å². The third-order valence-electron chi connectivity index (χ3n) is 6.96. The quantitative estimate of drug-likeness (QED) is 0.196. The molecule has 0 aliphatic carbocycles. The van der Waals surface area contributed by atoms with Crippen molar-refractivity contribution in [2.75, 3.05) is 24.7 Å². The van der Waals surface area contributed by atoms with E-state index in [-0.39, 0.29) is 34.0 Å². The number of hydrogen-bond donors (Lipinski definition) is 2. The van der Waals surface area contributed by atoms with Crippen LogP contribution in [0.2, 0.25) is 0 Å². The fraction of sp³-hybridized carbons (Fsp3) is 0.500. The van der Waals surface area contributed by atoms with Gasteiger partial charge in [-0.25, -0.2) is 38.7 Å². The Bertz CT molecular complexity index is 1710. The van der Waals surface area contributed by atoms with Crippen LogP contribution in [-0.4, -0.2) is 104 Å². The average Bonchev–Trinajstić information content (AvgIpc) is 3.73. The van der Waals surface area contributed by atoms with E-state index in [2.05, 4.69) is 29.9 Å². The molecule has 24 heteroatoms. The molecule has 10 atom stereocenters. The van der Waals surface area contributed by atoms with E-state index in [0.717, 1.165) is 0 Å². The second-order valence-electron chi connectivity index (χ2n) is 9.36. The zero-order chi connectivity index (χ0) is 31.0. The Hall–Kier alpha value is -3.09. The predicted octanol–water partition coefficient (Wildman–Crippen LogP) is -0.934. The molecule has 0 amide bonds. The molecule has 7 heterocycles. The number of hydrogen-bond acceptors (Lipinski definition) is 16. The molecule has 0 saturated carbocycles.